The van der Waals surface area contributed by atoms with Crippen LogP contribution in [0.25, 0.3) is 11.4 Å². The summed E-state index contributed by atoms with van der Waals surface area (Å²) in [6.07, 6.45) is 9.59. The van der Waals surface area contributed by atoms with Crippen molar-refractivity contribution in [3.8, 4) is 22.9 Å². The Kier molecular flexibility index (Phi) is 13.2. The maximum Gasteiger partial charge on any atom is 0.229 e. The number of likely N-dealkylation sites (N-methyl/N-ethyl adjacent to an activating group) is 2. The average molecular weight is 941 g/mol. The third-order valence-electron chi connectivity index (χ3n) is 10.5. The van der Waals surface area contributed by atoms with E-state index in [9.17, 15) is 26.3 Å². The summed E-state index contributed by atoms with van der Waals surface area (Å²) in [5, 5.41) is 3.07. The van der Waals surface area contributed by atoms with Crippen LogP contribution in [0.5, 0.6) is 11.5 Å². The first-order valence-corrected chi connectivity index (χ1v) is 20.6. The zero-order valence-corrected chi connectivity index (χ0v) is 36.7. The minimum atomic E-state index is -0.662. The monoisotopic (exact) mass is 940 g/mol. The van der Waals surface area contributed by atoms with Crippen molar-refractivity contribution < 1.29 is 35.8 Å². The fourth-order valence-corrected chi connectivity index (χ4v) is 7.39. The molecule has 14 nitrogen and oxygen atoms in total. The van der Waals surface area contributed by atoms with Gasteiger partial charge in [-0.2, -0.15) is 9.97 Å². The van der Waals surface area contributed by atoms with Crippen LogP contribution in [0, 0.1) is 48.8 Å². The van der Waals surface area contributed by atoms with Crippen LogP contribution in [-0.2, 0) is 0 Å². The molecule has 0 amide bonds. The van der Waals surface area contributed by atoms with Gasteiger partial charge < -0.3 is 39.5 Å². The number of nitrogens with zero attached hydrogens (tertiary/aromatic N) is 10. The third-order valence-corrected chi connectivity index (χ3v) is 10.7. The molecule has 0 saturated carbocycles. The second-order valence-corrected chi connectivity index (χ2v) is 15.7. The van der Waals surface area contributed by atoms with E-state index in [-0.39, 0.29) is 36.3 Å². The summed E-state index contributed by atoms with van der Waals surface area (Å²) in [4.78, 5) is 28.3. The van der Waals surface area contributed by atoms with E-state index in [4.69, 9.17) is 26.8 Å². The first-order chi connectivity index (χ1) is 32.1. The normalized spacial score (nSPS) is 14.9. The van der Waals surface area contributed by atoms with Gasteiger partial charge in [-0.1, -0.05) is 0 Å². The molecule has 2 aliphatic rings. The number of fused-ring (bicyclic) bond motifs is 2. The lowest BCUT2D eigenvalue weighted by Gasteiger charge is -2.35. The van der Waals surface area contributed by atoms with Gasteiger partial charge >= 0.3 is 0 Å². The number of hydrogen-bond acceptors (Lipinski definition) is 12. The van der Waals surface area contributed by atoms with E-state index in [1.54, 1.807) is 82.3 Å². The van der Waals surface area contributed by atoms with Crippen LogP contribution in [0.1, 0.15) is 34.6 Å². The number of hydrogen-bond donors (Lipinski definition) is 2. The molecule has 4 aromatic carbocycles. The van der Waals surface area contributed by atoms with Crippen molar-refractivity contribution in [2.75, 3.05) is 48.2 Å². The highest BCUT2D eigenvalue weighted by atomic mass is 35.5. The standard InChI is InChI=1S/C23H19F3N6O.C13H10ClF2N3O.C10H10FN3/c1-13-10-32(12-28-13)19-4-3-17(8-18(19)26)29-23-27-9-21-22(30-23)31(2)20(11-33-21)14-5-15(24)7-16(25)6-14;1-19-10(7-2-8(15)4-9(16)3-7)6-20-11-5-17-13(14)18-12(11)19;1-7-5-14(6-13-7)10-3-2-8(12)4-9(10)11/h3-10,12,20H,11H2,1-2H3,(H,27,29,30);2-5,10H,6H2,1H3;2-6H,12H2,1H3. The van der Waals surface area contributed by atoms with E-state index in [0.29, 0.717) is 57.0 Å². The summed E-state index contributed by atoms with van der Waals surface area (Å²) in [6.45, 7) is 4.11. The molecular weight excluding hydrogens is 902 g/mol. The lowest BCUT2D eigenvalue weighted by Crippen LogP contribution is -2.34. The number of imidazole rings is 2. The zero-order chi connectivity index (χ0) is 47.5. The highest BCUT2D eigenvalue weighted by molar-refractivity contribution is 6.28. The summed E-state index contributed by atoms with van der Waals surface area (Å²) < 4.78 is 96.6. The van der Waals surface area contributed by atoms with E-state index in [0.717, 1.165) is 23.5 Å². The maximum atomic E-state index is 14.7. The molecule has 0 spiro atoms. The number of nitrogens with two attached hydrogens (primary N) is 1. The van der Waals surface area contributed by atoms with Crippen LogP contribution in [0.2, 0.25) is 5.28 Å². The highest BCUT2D eigenvalue weighted by Crippen LogP contribution is 2.39. The predicted octanol–water partition coefficient (Wildman–Crippen LogP) is 9.58. The molecule has 2 aliphatic heterocycles. The number of aryl methyl sites for hydroxylation is 2. The maximum absolute atomic E-state index is 14.7. The summed E-state index contributed by atoms with van der Waals surface area (Å²) >= 11 is 5.76. The zero-order valence-electron chi connectivity index (χ0n) is 36.0. The van der Waals surface area contributed by atoms with E-state index < -0.39 is 35.1 Å². The summed E-state index contributed by atoms with van der Waals surface area (Å²) in [5.74, 6) is -1.27. The topological polar surface area (TPSA) is 150 Å². The average Bonchev–Trinajstić information content (AvgIpc) is 3.91. The van der Waals surface area contributed by atoms with Crippen molar-refractivity contribution in [3.63, 3.8) is 0 Å². The number of nitrogen functional groups attached to an aromatic ring is 1. The fraction of sp³-hybridized carbons (Fsp3) is 0.174. The molecule has 0 radical (unpaired) electrons. The Hall–Kier alpha value is -7.87. The van der Waals surface area contributed by atoms with Gasteiger partial charge in [0.15, 0.2) is 23.1 Å². The molecule has 0 saturated heterocycles. The largest absolute Gasteiger partial charge is 0.486 e. The Morgan fingerprint density at radius 1 is 0.612 bits per heavy atom. The van der Waals surface area contributed by atoms with Gasteiger partial charge in [0.1, 0.15) is 48.1 Å². The van der Waals surface area contributed by atoms with Crippen LogP contribution in [0.3, 0.4) is 0 Å². The molecule has 0 fully saturated rings. The van der Waals surface area contributed by atoms with Gasteiger partial charge in [0.05, 0.1) is 59.9 Å². The van der Waals surface area contributed by atoms with Crippen molar-refractivity contribution in [2.45, 2.75) is 25.9 Å². The van der Waals surface area contributed by atoms with E-state index >= 15 is 0 Å². The third kappa shape index (κ3) is 10.5. The van der Waals surface area contributed by atoms with Crippen LogP contribution in [0.15, 0.2) is 110 Å². The molecule has 4 aromatic heterocycles. The molecule has 21 heteroatoms. The number of anilines is 5. The number of nitrogens with one attached hydrogen (secondary N) is 1. The van der Waals surface area contributed by atoms with Crippen molar-refractivity contribution in [1.29, 1.82) is 0 Å². The van der Waals surface area contributed by atoms with Gasteiger partial charge in [-0.05, 0) is 97.2 Å². The number of benzene rings is 4. The molecule has 2 atom stereocenters. The highest BCUT2D eigenvalue weighted by Gasteiger charge is 2.30. The molecule has 10 rings (SSSR count). The van der Waals surface area contributed by atoms with E-state index in [2.05, 4.69) is 35.2 Å². The first-order valence-electron chi connectivity index (χ1n) is 20.2. The Balaban J connectivity index is 0.000000151. The van der Waals surface area contributed by atoms with Gasteiger partial charge in [-0.25, -0.2) is 46.3 Å². The van der Waals surface area contributed by atoms with Crippen molar-refractivity contribution in [1.82, 2.24) is 39.0 Å². The van der Waals surface area contributed by atoms with Crippen LogP contribution in [0.4, 0.5) is 55.3 Å². The van der Waals surface area contributed by atoms with Crippen LogP contribution in [-0.4, -0.2) is 66.3 Å². The first kappa shape index (κ1) is 45.7. The second-order valence-electron chi connectivity index (χ2n) is 15.3. The Morgan fingerprint density at radius 3 is 1.57 bits per heavy atom. The molecule has 8 aromatic rings. The van der Waals surface area contributed by atoms with Crippen molar-refractivity contribution in [3.05, 3.63) is 173 Å². The number of rotatable bonds is 6. The van der Waals surface area contributed by atoms with Crippen molar-refractivity contribution >= 4 is 40.6 Å². The molecule has 6 heterocycles. The van der Waals surface area contributed by atoms with E-state index in [1.807, 2.05) is 13.8 Å². The Bertz CT molecular complexity index is 3040. The smallest absolute Gasteiger partial charge is 0.229 e. The molecular formula is C46H39ClF6N12O2. The van der Waals surface area contributed by atoms with Crippen LogP contribution >= 0.6 is 11.6 Å². The van der Waals surface area contributed by atoms with Gasteiger partial charge in [-0.15, -0.1) is 0 Å². The van der Waals surface area contributed by atoms with Gasteiger partial charge in [-0.3, -0.25) is 0 Å². The molecule has 344 valence electrons. The molecule has 2 unspecified atom stereocenters. The van der Waals surface area contributed by atoms with E-state index in [1.165, 1.54) is 48.8 Å². The SMILES string of the molecule is CN1c2nc(Cl)ncc2OCC1c1cc(F)cc(F)c1.Cc1cn(-c2ccc(N)cc2F)cn1.Cc1cn(-c2ccc(Nc3ncc4c(n3)N(C)C(c3cc(F)cc(F)c3)CO4)cc2F)cn1. The quantitative estimate of drug-likeness (QED) is 0.0929. The molecule has 0 bridgehead atoms. The number of ether oxygens (including phenoxy) is 2. The van der Waals surface area contributed by atoms with Gasteiger partial charge in [0, 0.05) is 50.0 Å². The number of aromatic nitrogens is 8. The fourth-order valence-electron chi connectivity index (χ4n) is 7.26. The minimum Gasteiger partial charge on any atom is -0.486 e. The lowest BCUT2D eigenvalue weighted by atomic mass is 10.0. The Morgan fingerprint density at radius 2 is 1.09 bits per heavy atom. The summed E-state index contributed by atoms with van der Waals surface area (Å²) in [5.41, 5.74) is 9.68. The van der Waals surface area contributed by atoms with Crippen LogP contribution < -0.4 is 30.3 Å². The lowest BCUT2D eigenvalue weighted by molar-refractivity contribution is 0.264. The number of halogens is 7. The second kappa shape index (κ2) is 19.3. The summed E-state index contributed by atoms with van der Waals surface area (Å²) in [6, 6.07) is 15.2. The Labute approximate surface area is 384 Å². The van der Waals surface area contributed by atoms with Gasteiger partial charge in [0.25, 0.3) is 0 Å². The van der Waals surface area contributed by atoms with Gasteiger partial charge in [0.2, 0.25) is 11.2 Å². The molecule has 3 N–H and O–H groups in total. The predicted molar refractivity (Wildman–Crippen MR) is 239 cm³/mol. The molecule has 0 aliphatic carbocycles. The minimum absolute atomic E-state index is 0.0882. The van der Waals surface area contributed by atoms with Crippen molar-refractivity contribution in [2.24, 2.45) is 0 Å². The molecule has 67 heavy (non-hydrogen) atoms. The summed E-state index contributed by atoms with van der Waals surface area (Å²) in [7, 11) is 3.52.